The minimum Gasteiger partial charge on any atom is -0.449 e. The summed E-state index contributed by atoms with van der Waals surface area (Å²) in [5.74, 6) is 0. The fourth-order valence-electron chi connectivity index (χ4n) is 0.511. The normalized spacial score (nSPS) is 11.2. The number of nitrogens with two attached hydrogens (primary N) is 1. The van der Waals surface area contributed by atoms with E-state index in [0.29, 0.717) is 0 Å². The number of aliphatic hydroxyl groups is 3. The standard InChI is InChI=1S/C6H13NO5/c7-5(11)12-4-6(1-8,2-9)3-10/h8-10H,1-4H2,(H2,7,11). The van der Waals surface area contributed by atoms with E-state index in [9.17, 15) is 4.79 Å². The number of carbonyl (C=O) groups is 1. The monoisotopic (exact) mass is 179 g/mol. The van der Waals surface area contributed by atoms with Crippen LogP contribution in [0, 0.1) is 5.41 Å². The largest absolute Gasteiger partial charge is 0.449 e. The molecule has 5 N–H and O–H groups in total. The molecule has 12 heavy (non-hydrogen) atoms. The third-order valence-electron chi connectivity index (χ3n) is 1.53. The predicted molar refractivity (Wildman–Crippen MR) is 39.2 cm³/mol. The van der Waals surface area contributed by atoms with Crippen LogP contribution >= 0.6 is 0 Å². The Balaban J connectivity index is 4.01. The van der Waals surface area contributed by atoms with Crippen molar-refractivity contribution in [3.63, 3.8) is 0 Å². The molecule has 0 rings (SSSR count). The minimum atomic E-state index is -1.20. The molecule has 0 aromatic carbocycles. The molecule has 0 aromatic heterocycles. The van der Waals surface area contributed by atoms with E-state index < -0.39 is 31.3 Å². The molecule has 0 spiro atoms. The van der Waals surface area contributed by atoms with Gasteiger partial charge >= 0.3 is 6.09 Å². The maximum atomic E-state index is 10.1. The second kappa shape index (κ2) is 4.91. The molecule has 0 atom stereocenters. The van der Waals surface area contributed by atoms with Gasteiger partial charge in [-0.25, -0.2) is 4.79 Å². The molecule has 0 radical (unpaired) electrons. The Morgan fingerprint density at radius 1 is 1.25 bits per heavy atom. The summed E-state index contributed by atoms with van der Waals surface area (Å²) in [6.45, 7) is -1.74. The third kappa shape index (κ3) is 3.04. The molecule has 0 saturated heterocycles. The van der Waals surface area contributed by atoms with Crippen LogP contribution in [0.4, 0.5) is 4.79 Å². The van der Waals surface area contributed by atoms with Crippen LogP contribution in [0.5, 0.6) is 0 Å². The van der Waals surface area contributed by atoms with E-state index in [1.165, 1.54) is 0 Å². The van der Waals surface area contributed by atoms with Crippen molar-refractivity contribution < 1.29 is 24.9 Å². The number of amides is 1. The van der Waals surface area contributed by atoms with Crippen molar-refractivity contribution in [1.82, 2.24) is 0 Å². The molecule has 0 bridgehead atoms. The Labute approximate surface area is 69.6 Å². The van der Waals surface area contributed by atoms with E-state index in [2.05, 4.69) is 10.5 Å². The molecular formula is C6H13NO5. The SMILES string of the molecule is NC(=O)OCC(CO)(CO)CO. The molecule has 0 aliphatic rings. The van der Waals surface area contributed by atoms with Crippen LogP contribution in [-0.4, -0.2) is 47.8 Å². The molecule has 0 aliphatic heterocycles. The van der Waals surface area contributed by atoms with Crippen molar-refractivity contribution in [2.75, 3.05) is 26.4 Å². The highest BCUT2D eigenvalue weighted by Gasteiger charge is 2.29. The first kappa shape index (κ1) is 11.2. The van der Waals surface area contributed by atoms with Crippen LogP contribution in [0.2, 0.25) is 0 Å². The number of carbonyl (C=O) groups excluding carboxylic acids is 1. The number of hydrogen-bond acceptors (Lipinski definition) is 5. The fraction of sp³-hybridized carbons (Fsp3) is 0.833. The second-order valence-electron chi connectivity index (χ2n) is 2.58. The summed E-state index contributed by atoms with van der Waals surface area (Å²) in [6.07, 6.45) is -1.00. The maximum Gasteiger partial charge on any atom is 0.404 e. The summed E-state index contributed by atoms with van der Waals surface area (Å²) < 4.78 is 4.34. The Kier molecular flexibility index (Phi) is 4.57. The summed E-state index contributed by atoms with van der Waals surface area (Å²) in [4.78, 5) is 10.1. The first-order valence-corrected chi connectivity index (χ1v) is 3.35. The summed E-state index contributed by atoms with van der Waals surface area (Å²) >= 11 is 0. The van der Waals surface area contributed by atoms with Crippen molar-refractivity contribution in [2.45, 2.75) is 0 Å². The predicted octanol–water partition coefficient (Wildman–Crippen LogP) is -1.96. The molecule has 0 heterocycles. The summed E-state index contributed by atoms with van der Waals surface area (Å²) in [5.41, 5.74) is 3.46. The Morgan fingerprint density at radius 2 is 1.67 bits per heavy atom. The first-order valence-electron chi connectivity index (χ1n) is 3.35. The summed E-state index contributed by atoms with van der Waals surface area (Å²) in [7, 11) is 0. The van der Waals surface area contributed by atoms with Crippen LogP contribution < -0.4 is 5.73 Å². The van der Waals surface area contributed by atoms with Crippen molar-refractivity contribution in [3.05, 3.63) is 0 Å². The van der Waals surface area contributed by atoms with Gasteiger partial charge in [0.2, 0.25) is 0 Å². The van der Waals surface area contributed by atoms with E-state index in [1.54, 1.807) is 0 Å². The van der Waals surface area contributed by atoms with Gasteiger partial charge in [0.05, 0.1) is 25.2 Å². The van der Waals surface area contributed by atoms with Crippen LogP contribution in [0.25, 0.3) is 0 Å². The molecule has 0 saturated carbocycles. The lowest BCUT2D eigenvalue weighted by Gasteiger charge is -2.25. The summed E-state index contributed by atoms with van der Waals surface area (Å²) in [5, 5.41) is 26.2. The lowest BCUT2D eigenvalue weighted by molar-refractivity contribution is -0.0361. The van der Waals surface area contributed by atoms with Gasteiger partial charge in [-0.05, 0) is 0 Å². The Bertz CT molecular complexity index is 137. The van der Waals surface area contributed by atoms with Crippen molar-refractivity contribution >= 4 is 6.09 Å². The lowest BCUT2D eigenvalue weighted by Crippen LogP contribution is -2.40. The molecule has 0 unspecified atom stereocenters. The molecule has 0 fully saturated rings. The molecule has 0 aromatic rings. The molecule has 6 nitrogen and oxygen atoms in total. The number of ether oxygens (including phenoxy) is 1. The Hall–Kier alpha value is -0.850. The smallest absolute Gasteiger partial charge is 0.404 e. The van der Waals surface area contributed by atoms with E-state index >= 15 is 0 Å². The zero-order valence-corrected chi connectivity index (χ0v) is 6.56. The highest BCUT2D eigenvalue weighted by atomic mass is 16.5. The van der Waals surface area contributed by atoms with Crippen molar-refractivity contribution in [3.8, 4) is 0 Å². The maximum absolute atomic E-state index is 10.1. The van der Waals surface area contributed by atoms with Gasteiger partial charge in [0.15, 0.2) is 0 Å². The van der Waals surface area contributed by atoms with Crippen molar-refractivity contribution in [1.29, 1.82) is 0 Å². The Morgan fingerprint density at radius 3 is 1.92 bits per heavy atom. The number of aliphatic hydroxyl groups excluding tert-OH is 3. The van der Waals surface area contributed by atoms with Gasteiger partial charge in [-0.1, -0.05) is 0 Å². The summed E-state index contributed by atoms with van der Waals surface area (Å²) in [6, 6.07) is 0. The molecule has 0 aliphatic carbocycles. The number of hydrogen-bond donors (Lipinski definition) is 4. The van der Waals surface area contributed by atoms with Gasteiger partial charge < -0.3 is 25.8 Å². The van der Waals surface area contributed by atoms with Crippen LogP contribution in [0.3, 0.4) is 0 Å². The van der Waals surface area contributed by atoms with E-state index in [1.807, 2.05) is 0 Å². The quantitative estimate of drug-likeness (QED) is 0.391. The zero-order valence-electron chi connectivity index (χ0n) is 6.56. The molecule has 6 heteroatoms. The van der Waals surface area contributed by atoms with Crippen molar-refractivity contribution in [2.24, 2.45) is 11.1 Å². The van der Waals surface area contributed by atoms with Gasteiger partial charge in [0, 0.05) is 0 Å². The van der Waals surface area contributed by atoms with Gasteiger partial charge in [0.1, 0.15) is 6.61 Å². The van der Waals surface area contributed by atoms with Gasteiger partial charge in [0.25, 0.3) is 0 Å². The first-order chi connectivity index (χ1) is 5.60. The topological polar surface area (TPSA) is 113 Å². The van der Waals surface area contributed by atoms with Crippen LogP contribution in [0.15, 0.2) is 0 Å². The number of primary amides is 1. The van der Waals surface area contributed by atoms with Crippen LogP contribution in [0.1, 0.15) is 0 Å². The zero-order chi connectivity index (χ0) is 9.61. The van der Waals surface area contributed by atoms with E-state index in [0.717, 1.165) is 0 Å². The lowest BCUT2D eigenvalue weighted by atomic mass is 9.93. The fourth-order valence-corrected chi connectivity index (χ4v) is 0.511. The number of rotatable bonds is 5. The van der Waals surface area contributed by atoms with Gasteiger partial charge in [-0.2, -0.15) is 0 Å². The third-order valence-corrected chi connectivity index (χ3v) is 1.53. The van der Waals surface area contributed by atoms with Crippen LogP contribution in [-0.2, 0) is 4.74 Å². The molecule has 72 valence electrons. The average Bonchev–Trinajstić information content (AvgIpc) is 2.08. The average molecular weight is 179 g/mol. The van der Waals surface area contributed by atoms with Gasteiger partial charge in [-0.15, -0.1) is 0 Å². The highest BCUT2D eigenvalue weighted by Crippen LogP contribution is 2.14. The van der Waals surface area contributed by atoms with E-state index in [-0.39, 0.29) is 6.61 Å². The highest BCUT2D eigenvalue weighted by molar-refractivity contribution is 5.64. The minimum absolute atomic E-state index is 0.300. The second-order valence-corrected chi connectivity index (χ2v) is 2.58. The molecule has 1 amide bonds. The van der Waals surface area contributed by atoms with E-state index in [4.69, 9.17) is 15.3 Å². The van der Waals surface area contributed by atoms with Gasteiger partial charge in [-0.3, -0.25) is 0 Å². The molecular weight excluding hydrogens is 166 g/mol.